The molecule has 0 aromatic carbocycles. The first-order valence-corrected chi connectivity index (χ1v) is 3.86. The summed E-state index contributed by atoms with van der Waals surface area (Å²) in [4.78, 5) is 10.5. The number of aliphatic hydroxyl groups excluding tert-OH is 1. The molecule has 0 aromatic heterocycles. The average Bonchev–Trinajstić information content (AvgIpc) is 2.16. The Labute approximate surface area is 76.9 Å². The van der Waals surface area contributed by atoms with Crippen LogP contribution in [0.4, 0.5) is 0 Å². The van der Waals surface area contributed by atoms with E-state index < -0.39 is 5.97 Å². The highest BCUT2D eigenvalue weighted by atomic mass is 16.7. The van der Waals surface area contributed by atoms with Gasteiger partial charge in [-0.05, 0) is 0 Å². The summed E-state index contributed by atoms with van der Waals surface area (Å²) in [5, 5.41) is 8.33. The fourth-order valence-corrected chi connectivity index (χ4v) is 0.502. The van der Waals surface area contributed by atoms with Crippen molar-refractivity contribution < 1.29 is 24.1 Å². The average molecular weight is 190 g/mol. The van der Waals surface area contributed by atoms with Crippen molar-refractivity contribution in [3.63, 3.8) is 0 Å². The molecule has 0 aliphatic rings. The molecule has 5 nitrogen and oxygen atoms in total. The monoisotopic (exact) mass is 190 g/mol. The van der Waals surface area contributed by atoms with Crippen LogP contribution < -0.4 is 0 Å². The molecule has 0 aromatic rings. The summed E-state index contributed by atoms with van der Waals surface area (Å²) >= 11 is 0. The summed E-state index contributed by atoms with van der Waals surface area (Å²) in [5.74, 6) is -0.517. The Morgan fingerprint density at radius 3 is 2.62 bits per heavy atom. The summed E-state index contributed by atoms with van der Waals surface area (Å²) in [6.45, 7) is 4.08. The molecule has 0 atom stereocenters. The van der Waals surface area contributed by atoms with Crippen molar-refractivity contribution in [2.24, 2.45) is 0 Å². The Bertz CT molecular complexity index is 145. The molecule has 76 valence electrons. The van der Waals surface area contributed by atoms with E-state index in [0.717, 1.165) is 6.08 Å². The number of ether oxygens (including phenoxy) is 3. The highest BCUT2D eigenvalue weighted by Gasteiger charge is 1.94. The van der Waals surface area contributed by atoms with E-state index in [4.69, 9.17) is 14.6 Å². The van der Waals surface area contributed by atoms with Crippen molar-refractivity contribution in [3.05, 3.63) is 12.7 Å². The smallest absolute Gasteiger partial charge is 0.332 e. The van der Waals surface area contributed by atoms with Crippen molar-refractivity contribution in [1.29, 1.82) is 0 Å². The maximum Gasteiger partial charge on any atom is 0.332 e. The predicted octanol–water partition coefficient (Wildman–Crippen LogP) is -0.301. The molecule has 0 fully saturated rings. The molecule has 0 aliphatic carbocycles. The highest BCUT2D eigenvalue weighted by Crippen LogP contribution is 1.82. The van der Waals surface area contributed by atoms with E-state index in [1.54, 1.807) is 0 Å². The number of rotatable bonds is 8. The molecule has 0 rings (SSSR count). The van der Waals surface area contributed by atoms with Gasteiger partial charge in [0.15, 0.2) is 6.79 Å². The number of carbonyl (C=O) groups excluding carboxylic acids is 1. The van der Waals surface area contributed by atoms with E-state index in [1.165, 1.54) is 0 Å². The second-order valence-corrected chi connectivity index (χ2v) is 2.03. The molecule has 0 spiro atoms. The normalized spacial score (nSPS) is 9.62. The minimum Gasteiger partial charge on any atom is -0.435 e. The molecule has 13 heavy (non-hydrogen) atoms. The number of hydrogen-bond acceptors (Lipinski definition) is 5. The summed E-state index contributed by atoms with van der Waals surface area (Å²) in [5.41, 5.74) is 0. The van der Waals surface area contributed by atoms with Crippen molar-refractivity contribution in [2.45, 2.75) is 0 Å². The summed E-state index contributed by atoms with van der Waals surface area (Å²) < 4.78 is 14.2. The topological polar surface area (TPSA) is 65.0 Å². The zero-order chi connectivity index (χ0) is 9.94. The van der Waals surface area contributed by atoms with Gasteiger partial charge in [-0.25, -0.2) is 4.79 Å². The summed E-state index contributed by atoms with van der Waals surface area (Å²) in [6, 6.07) is 0. The fraction of sp³-hybridized carbons (Fsp3) is 0.625. The second kappa shape index (κ2) is 9.18. The first-order chi connectivity index (χ1) is 6.31. The predicted molar refractivity (Wildman–Crippen MR) is 45.0 cm³/mol. The molecule has 5 heteroatoms. The van der Waals surface area contributed by atoms with E-state index in [-0.39, 0.29) is 20.0 Å². The minimum absolute atomic E-state index is 0.00848. The standard InChI is InChI=1S/C8H14O5/c1-2-8(10)13-7-12-6-5-11-4-3-9/h2,9H,1,3-7H2. The van der Waals surface area contributed by atoms with E-state index in [0.29, 0.717) is 13.2 Å². The lowest BCUT2D eigenvalue weighted by atomic mass is 10.7. The van der Waals surface area contributed by atoms with E-state index in [9.17, 15) is 4.79 Å². The summed E-state index contributed by atoms with van der Waals surface area (Å²) in [6.07, 6.45) is 1.06. The summed E-state index contributed by atoms with van der Waals surface area (Å²) in [7, 11) is 0. The van der Waals surface area contributed by atoms with Crippen LogP contribution in [0.25, 0.3) is 0 Å². The van der Waals surface area contributed by atoms with Crippen LogP contribution in [-0.2, 0) is 19.0 Å². The van der Waals surface area contributed by atoms with Crippen LogP contribution in [0.5, 0.6) is 0 Å². The SMILES string of the molecule is C=CC(=O)OCOCCOCCO. The molecule has 0 saturated heterocycles. The van der Waals surface area contributed by atoms with Gasteiger partial charge in [-0.2, -0.15) is 0 Å². The lowest BCUT2D eigenvalue weighted by molar-refractivity contribution is -0.151. The van der Waals surface area contributed by atoms with E-state index in [2.05, 4.69) is 11.3 Å². The van der Waals surface area contributed by atoms with Gasteiger partial charge < -0.3 is 19.3 Å². The minimum atomic E-state index is -0.517. The van der Waals surface area contributed by atoms with E-state index in [1.807, 2.05) is 0 Å². The van der Waals surface area contributed by atoms with Crippen molar-refractivity contribution in [3.8, 4) is 0 Å². The van der Waals surface area contributed by atoms with Gasteiger partial charge in [-0.15, -0.1) is 0 Å². The lowest BCUT2D eigenvalue weighted by Gasteiger charge is -2.04. The quantitative estimate of drug-likeness (QED) is 0.246. The Morgan fingerprint density at radius 1 is 1.31 bits per heavy atom. The molecule has 0 unspecified atom stereocenters. The number of aliphatic hydroxyl groups is 1. The Balaban J connectivity index is 2.99. The van der Waals surface area contributed by atoms with Crippen LogP contribution in [0.15, 0.2) is 12.7 Å². The third-order valence-electron chi connectivity index (χ3n) is 1.06. The molecule has 0 radical (unpaired) electrons. The van der Waals surface area contributed by atoms with Gasteiger partial charge in [0.1, 0.15) is 0 Å². The van der Waals surface area contributed by atoms with Gasteiger partial charge in [0.05, 0.1) is 26.4 Å². The third-order valence-corrected chi connectivity index (χ3v) is 1.06. The number of esters is 1. The maximum atomic E-state index is 10.5. The Kier molecular flexibility index (Phi) is 8.54. The zero-order valence-corrected chi connectivity index (χ0v) is 7.40. The molecule has 0 bridgehead atoms. The third kappa shape index (κ3) is 9.00. The highest BCUT2D eigenvalue weighted by molar-refractivity contribution is 5.81. The van der Waals surface area contributed by atoms with Crippen molar-refractivity contribution >= 4 is 5.97 Å². The second-order valence-electron chi connectivity index (χ2n) is 2.03. The van der Waals surface area contributed by atoms with Crippen LogP contribution in [0, 0.1) is 0 Å². The van der Waals surface area contributed by atoms with Crippen molar-refractivity contribution in [2.75, 3.05) is 33.2 Å². The van der Waals surface area contributed by atoms with Crippen LogP contribution in [0.2, 0.25) is 0 Å². The van der Waals surface area contributed by atoms with Crippen LogP contribution in [0.3, 0.4) is 0 Å². The zero-order valence-electron chi connectivity index (χ0n) is 7.40. The lowest BCUT2D eigenvalue weighted by Crippen LogP contribution is -2.11. The molecule has 0 amide bonds. The molecule has 0 saturated carbocycles. The molecular formula is C8H14O5. The molecule has 0 aliphatic heterocycles. The molecule has 1 N–H and O–H groups in total. The van der Waals surface area contributed by atoms with Gasteiger partial charge in [0.25, 0.3) is 0 Å². The first-order valence-electron chi connectivity index (χ1n) is 3.86. The Morgan fingerprint density at radius 2 is 2.00 bits per heavy atom. The van der Waals surface area contributed by atoms with Gasteiger partial charge in [-0.1, -0.05) is 6.58 Å². The molecular weight excluding hydrogens is 176 g/mol. The number of hydrogen-bond donors (Lipinski definition) is 1. The largest absolute Gasteiger partial charge is 0.435 e. The van der Waals surface area contributed by atoms with Gasteiger partial charge in [-0.3, -0.25) is 0 Å². The van der Waals surface area contributed by atoms with Crippen LogP contribution >= 0.6 is 0 Å². The number of carbonyl (C=O) groups is 1. The van der Waals surface area contributed by atoms with Crippen molar-refractivity contribution in [1.82, 2.24) is 0 Å². The fourth-order valence-electron chi connectivity index (χ4n) is 0.502. The maximum absolute atomic E-state index is 10.5. The van der Waals surface area contributed by atoms with Crippen LogP contribution in [-0.4, -0.2) is 44.3 Å². The van der Waals surface area contributed by atoms with E-state index >= 15 is 0 Å². The Hall–Kier alpha value is -0.910. The van der Waals surface area contributed by atoms with Gasteiger partial charge in [0, 0.05) is 6.08 Å². The van der Waals surface area contributed by atoms with Gasteiger partial charge >= 0.3 is 5.97 Å². The van der Waals surface area contributed by atoms with Crippen LogP contribution in [0.1, 0.15) is 0 Å². The first kappa shape index (κ1) is 12.1. The van der Waals surface area contributed by atoms with Gasteiger partial charge in [0.2, 0.25) is 0 Å². The molecule has 0 heterocycles.